The molecule has 70 valence electrons. The Morgan fingerprint density at radius 3 is 2.92 bits per heavy atom. The first kappa shape index (κ1) is 9.72. The molecule has 1 fully saturated rings. The van der Waals surface area contributed by atoms with E-state index in [1.807, 2.05) is 0 Å². The predicted molar refractivity (Wildman–Crippen MR) is 50.1 cm³/mol. The van der Waals surface area contributed by atoms with E-state index in [1.165, 1.54) is 25.7 Å². The maximum absolute atomic E-state index is 10.9. The lowest BCUT2D eigenvalue weighted by atomic mass is 9.92. The summed E-state index contributed by atoms with van der Waals surface area (Å²) in [4.78, 5) is 10.9. The van der Waals surface area contributed by atoms with Crippen LogP contribution in [0, 0.1) is 5.92 Å². The molecule has 2 heteroatoms. The number of hydrogen-bond acceptors (Lipinski definition) is 2. The third-order valence-electron chi connectivity index (χ3n) is 2.52. The molecule has 0 aromatic heterocycles. The molecule has 1 unspecified atom stereocenters. The quantitative estimate of drug-likeness (QED) is 0.682. The van der Waals surface area contributed by atoms with Crippen molar-refractivity contribution in [1.82, 2.24) is 5.32 Å². The van der Waals surface area contributed by atoms with Crippen LogP contribution in [0.15, 0.2) is 0 Å². The minimum absolute atomic E-state index is 0.348. The second-order valence-electron chi connectivity index (χ2n) is 3.81. The molecule has 0 saturated carbocycles. The van der Waals surface area contributed by atoms with Crippen molar-refractivity contribution in [2.75, 3.05) is 13.1 Å². The highest BCUT2D eigenvalue weighted by molar-refractivity contribution is 5.75. The van der Waals surface area contributed by atoms with Crippen LogP contribution in [0.25, 0.3) is 0 Å². The maximum Gasteiger partial charge on any atom is 0.130 e. The van der Waals surface area contributed by atoms with E-state index in [4.69, 9.17) is 0 Å². The molecule has 1 heterocycles. The number of carbonyl (C=O) groups excluding carboxylic acids is 1. The zero-order valence-electron chi connectivity index (χ0n) is 7.94. The van der Waals surface area contributed by atoms with Crippen molar-refractivity contribution in [3.05, 3.63) is 0 Å². The standard InChI is InChI=1S/C10H19NO/c1-9(12)8-10-4-2-3-6-11-7-5-10/h10-11H,2-8H2,1H3. The summed E-state index contributed by atoms with van der Waals surface area (Å²) in [6.45, 7) is 3.96. The van der Waals surface area contributed by atoms with E-state index >= 15 is 0 Å². The molecule has 2 nitrogen and oxygen atoms in total. The van der Waals surface area contributed by atoms with Crippen LogP contribution in [0.5, 0.6) is 0 Å². The van der Waals surface area contributed by atoms with E-state index in [-0.39, 0.29) is 0 Å². The number of Topliss-reactive ketones (excluding diaryl/α,β-unsaturated/α-hetero) is 1. The van der Waals surface area contributed by atoms with Crippen LogP contribution in [-0.4, -0.2) is 18.9 Å². The lowest BCUT2D eigenvalue weighted by Gasteiger charge is -2.18. The normalized spacial score (nSPS) is 25.9. The average molecular weight is 169 g/mol. The van der Waals surface area contributed by atoms with Crippen LogP contribution in [0.3, 0.4) is 0 Å². The molecule has 0 amide bonds. The van der Waals surface area contributed by atoms with Gasteiger partial charge in [-0.25, -0.2) is 0 Å². The van der Waals surface area contributed by atoms with Gasteiger partial charge in [0.15, 0.2) is 0 Å². The Morgan fingerprint density at radius 1 is 1.33 bits per heavy atom. The van der Waals surface area contributed by atoms with Gasteiger partial charge in [0.25, 0.3) is 0 Å². The zero-order valence-corrected chi connectivity index (χ0v) is 7.94. The molecule has 1 aliphatic heterocycles. The Balaban J connectivity index is 2.24. The van der Waals surface area contributed by atoms with Gasteiger partial charge < -0.3 is 10.1 Å². The summed E-state index contributed by atoms with van der Waals surface area (Å²) >= 11 is 0. The Hall–Kier alpha value is -0.370. The molecule has 0 aromatic carbocycles. The van der Waals surface area contributed by atoms with Crippen molar-refractivity contribution in [2.24, 2.45) is 5.92 Å². The third-order valence-corrected chi connectivity index (χ3v) is 2.52. The lowest BCUT2D eigenvalue weighted by Crippen LogP contribution is -2.23. The van der Waals surface area contributed by atoms with Gasteiger partial charge in [0.05, 0.1) is 0 Å². The first-order valence-electron chi connectivity index (χ1n) is 4.99. The second kappa shape index (κ2) is 5.31. The number of carbonyl (C=O) groups is 1. The van der Waals surface area contributed by atoms with Crippen molar-refractivity contribution in [2.45, 2.75) is 39.0 Å². The number of ketones is 1. The molecule has 0 radical (unpaired) electrons. The first-order chi connectivity index (χ1) is 5.79. The van der Waals surface area contributed by atoms with E-state index in [0.29, 0.717) is 11.7 Å². The van der Waals surface area contributed by atoms with Gasteiger partial charge in [-0.15, -0.1) is 0 Å². The van der Waals surface area contributed by atoms with Gasteiger partial charge in [-0.2, -0.15) is 0 Å². The van der Waals surface area contributed by atoms with Crippen molar-refractivity contribution in [3.63, 3.8) is 0 Å². The summed E-state index contributed by atoms with van der Waals surface area (Å²) in [6, 6.07) is 0. The van der Waals surface area contributed by atoms with E-state index in [0.717, 1.165) is 19.5 Å². The summed E-state index contributed by atoms with van der Waals surface area (Å²) in [5.41, 5.74) is 0. The topological polar surface area (TPSA) is 29.1 Å². The van der Waals surface area contributed by atoms with Gasteiger partial charge >= 0.3 is 0 Å². The molecule has 1 rings (SSSR count). The molecular formula is C10H19NO. The van der Waals surface area contributed by atoms with Crippen LogP contribution in [-0.2, 0) is 4.79 Å². The zero-order chi connectivity index (χ0) is 8.81. The lowest BCUT2D eigenvalue weighted by molar-refractivity contribution is -0.118. The summed E-state index contributed by atoms with van der Waals surface area (Å²) in [5.74, 6) is 0.996. The number of nitrogens with one attached hydrogen (secondary N) is 1. The molecule has 12 heavy (non-hydrogen) atoms. The Labute approximate surface area is 74.7 Å². The highest BCUT2D eigenvalue weighted by atomic mass is 16.1. The van der Waals surface area contributed by atoms with Crippen LogP contribution < -0.4 is 5.32 Å². The van der Waals surface area contributed by atoms with E-state index < -0.39 is 0 Å². The van der Waals surface area contributed by atoms with E-state index in [1.54, 1.807) is 6.92 Å². The summed E-state index contributed by atoms with van der Waals surface area (Å²) in [7, 11) is 0. The highest BCUT2D eigenvalue weighted by Crippen LogP contribution is 2.18. The molecule has 0 aromatic rings. The van der Waals surface area contributed by atoms with Crippen LogP contribution >= 0.6 is 0 Å². The number of rotatable bonds is 2. The SMILES string of the molecule is CC(=O)CC1CCCCNCC1. The Bertz CT molecular complexity index is 137. The summed E-state index contributed by atoms with van der Waals surface area (Å²) in [5, 5.41) is 3.38. The van der Waals surface area contributed by atoms with Gasteiger partial charge in [0, 0.05) is 6.42 Å². The van der Waals surface area contributed by atoms with E-state index in [9.17, 15) is 4.79 Å². The minimum atomic E-state index is 0.348. The van der Waals surface area contributed by atoms with Crippen LogP contribution in [0.1, 0.15) is 39.0 Å². The summed E-state index contributed by atoms with van der Waals surface area (Å²) < 4.78 is 0. The Kier molecular flexibility index (Phi) is 4.30. The van der Waals surface area contributed by atoms with Gasteiger partial charge in [0.1, 0.15) is 5.78 Å². The smallest absolute Gasteiger partial charge is 0.130 e. The van der Waals surface area contributed by atoms with Gasteiger partial charge in [0.2, 0.25) is 0 Å². The molecule has 1 aliphatic rings. The van der Waals surface area contributed by atoms with Gasteiger partial charge in [-0.1, -0.05) is 6.42 Å². The van der Waals surface area contributed by atoms with Crippen molar-refractivity contribution < 1.29 is 4.79 Å². The van der Waals surface area contributed by atoms with Crippen molar-refractivity contribution in [3.8, 4) is 0 Å². The fourth-order valence-electron chi connectivity index (χ4n) is 1.87. The first-order valence-corrected chi connectivity index (χ1v) is 4.99. The monoisotopic (exact) mass is 169 g/mol. The van der Waals surface area contributed by atoms with E-state index in [2.05, 4.69) is 5.32 Å². The third kappa shape index (κ3) is 3.86. The molecule has 0 bridgehead atoms. The largest absolute Gasteiger partial charge is 0.317 e. The van der Waals surface area contributed by atoms with Crippen LogP contribution in [0.4, 0.5) is 0 Å². The molecular weight excluding hydrogens is 150 g/mol. The fraction of sp³-hybridized carbons (Fsp3) is 0.900. The predicted octanol–water partition coefficient (Wildman–Crippen LogP) is 1.75. The number of hydrogen-bond donors (Lipinski definition) is 1. The summed E-state index contributed by atoms with van der Waals surface area (Å²) in [6.07, 6.45) is 5.78. The fourth-order valence-corrected chi connectivity index (χ4v) is 1.87. The second-order valence-corrected chi connectivity index (χ2v) is 3.81. The van der Waals surface area contributed by atoms with Gasteiger partial charge in [-0.05, 0) is 45.2 Å². The minimum Gasteiger partial charge on any atom is -0.317 e. The molecule has 1 N–H and O–H groups in total. The Morgan fingerprint density at radius 2 is 2.17 bits per heavy atom. The van der Waals surface area contributed by atoms with Crippen molar-refractivity contribution >= 4 is 5.78 Å². The van der Waals surface area contributed by atoms with Gasteiger partial charge in [-0.3, -0.25) is 0 Å². The molecule has 1 saturated heterocycles. The molecule has 0 spiro atoms. The average Bonchev–Trinajstić information content (AvgIpc) is 1.93. The molecule has 1 atom stereocenters. The molecule has 0 aliphatic carbocycles. The van der Waals surface area contributed by atoms with Crippen molar-refractivity contribution in [1.29, 1.82) is 0 Å². The van der Waals surface area contributed by atoms with Crippen LogP contribution in [0.2, 0.25) is 0 Å². The highest BCUT2D eigenvalue weighted by Gasteiger charge is 2.12. The maximum atomic E-state index is 10.9.